The normalized spacial score (nSPS) is 13.0. The van der Waals surface area contributed by atoms with Gasteiger partial charge >= 0.3 is 7.60 Å². The number of aliphatic hydroxyl groups is 1. The summed E-state index contributed by atoms with van der Waals surface area (Å²) in [6.45, 7) is 2.07. The average Bonchev–Trinajstić information content (AvgIpc) is 2.81. The summed E-state index contributed by atoms with van der Waals surface area (Å²) in [6.07, 6.45) is 8.21. The van der Waals surface area contributed by atoms with Gasteiger partial charge in [-0.25, -0.2) is 4.57 Å². The molecule has 0 aliphatic heterocycles. The van der Waals surface area contributed by atoms with Crippen molar-refractivity contribution >= 4 is 12.9 Å². The molecule has 0 aromatic heterocycles. The molecule has 170 valence electrons. The minimum atomic E-state index is -4.15. The summed E-state index contributed by atoms with van der Waals surface area (Å²) in [4.78, 5) is 10.9. The standard InChI is InChI=1S/C27H33O4P/c1-2-3-4-5-6-8-13-22-18-19-27(32(29,30)31-24-15-9-7-10-16-24)26(20-22)25-17-12-11-14-23(25)21-28/h7,9-12,14-20,28H,2-6,8,13,21H2,1H3,(H,29,30). The predicted molar refractivity (Wildman–Crippen MR) is 131 cm³/mol. The third kappa shape index (κ3) is 6.56. The third-order valence-corrected chi connectivity index (χ3v) is 7.09. The highest BCUT2D eigenvalue weighted by molar-refractivity contribution is 7.62. The molecule has 0 saturated carbocycles. The largest absolute Gasteiger partial charge is 0.421 e. The summed E-state index contributed by atoms with van der Waals surface area (Å²) in [5.74, 6) is 0.343. The fourth-order valence-corrected chi connectivity index (χ4v) is 5.16. The zero-order chi connectivity index (χ0) is 22.8. The van der Waals surface area contributed by atoms with Crippen molar-refractivity contribution < 1.29 is 19.1 Å². The van der Waals surface area contributed by atoms with Crippen LogP contribution in [0.3, 0.4) is 0 Å². The highest BCUT2D eigenvalue weighted by Crippen LogP contribution is 2.45. The van der Waals surface area contributed by atoms with Crippen molar-refractivity contribution in [1.29, 1.82) is 0 Å². The molecule has 4 nitrogen and oxygen atoms in total. The van der Waals surface area contributed by atoms with Crippen molar-refractivity contribution in [3.8, 4) is 16.9 Å². The van der Waals surface area contributed by atoms with E-state index in [-0.39, 0.29) is 11.9 Å². The smallest absolute Gasteiger partial charge is 0.408 e. The number of benzene rings is 3. The SMILES string of the molecule is CCCCCCCCc1ccc(P(=O)(O)Oc2ccccc2)c(-c2ccccc2CO)c1. The molecule has 1 atom stereocenters. The Balaban J connectivity index is 1.91. The Morgan fingerprint density at radius 1 is 0.812 bits per heavy atom. The van der Waals surface area contributed by atoms with E-state index in [1.807, 2.05) is 42.5 Å². The van der Waals surface area contributed by atoms with Gasteiger partial charge in [-0.3, -0.25) is 0 Å². The summed E-state index contributed by atoms with van der Waals surface area (Å²) >= 11 is 0. The van der Waals surface area contributed by atoms with E-state index in [4.69, 9.17) is 4.52 Å². The number of unbranched alkanes of at least 4 members (excludes halogenated alkanes) is 5. The van der Waals surface area contributed by atoms with Crippen molar-refractivity contribution in [1.82, 2.24) is 0 Å². The maximum atomic E-state index is 13.3. The van der Waals surface area contributed by atoms with Gasteiger partial charge in [-0.05, 0) is 53.3 Å². The second-order valence-electron chi connectivity index (χ2n) is 8.11. The lowest BCUT2D eigenvalue weighted by Crippen LogP contribution is -2.14. The highest BCUT2D eigenvalue weighted by atomic mass is 31.2. The molecule has 0 saturated heterocycles. The molecule has 0 radical (unpaired) electrons. The molecular formula is C27H33O4P. The summed E-state index contributed by atoms with van der Waals surface area (Å²) in [5.41, 5.74) is 3.22. The van der Waals surface area contributed by atoms with Crippen molar-refractivity contribution in [2.45, 2.75) is 58.5 Å². The number of rotatable bonds is 12. The van der Waals surface area contributed by atoms with E-state index in [1.165, 1.54) is 32.1 Å². The minimum Gasteiger partial charge on any atom is -0.421 e. The Bertz CT molecular complexity index is 1030. The van der Waals surface area contributed by atoms with Gasteiger partial charge in [0.05, 0.1) is 11.9 Å². The van der Waals surface area contributed by atoms with Gasteiger partial charge < -0.3 is 14.5 Å². The minimum absolute atomic E-state index is 0.146. The van der Waals surface area contributed by atoms with E-state index in [1.54, 1.807) is 30.3 Å². The number of aryl methyl sites for hydroxylation is 1. The van der Waals surface area contributed by atoms with Gasteiger partial charge in [0.25, 0.3) is 0 Å². The van der Waals surface area contributed by atoms with Crippen LogP contribution < -0.4 is 9.83 Å². The molecule has 0 bridgehead atoms. The van der Waals surface area contributed by atoms with Crippen molar-refractivity contribution in [3.05, 3.63) is 83.9 Å². The Hall–Kier alpha value is -2.39. The zero-order valence-corrected chi connectivity index (χ0v) is 19.6. The molecule has 0 heterocycles. The first-order valence-corrected chi connectivity index (χ1v) is 13.0. The number of hydrogen-bond donors (Lipinski definition) is 2. The van der Waals surface area contributed by atoms with Crippen LogP contribution in [0.4, 0.5) is 0 Å². The number of para-hydroxylation sites is 1. The average molecular weight is 453 g/mol. The summed E-state index contributed by atoms with van der Waals surface area (Å²) in [6, 6.07) is 21.7. The van der Waals surface area contributed by atoms with Crippen LogP contribution in [0.1, 0.15) is 56.6 Å². The van der Waals surface area contributed by atoms with E-state index < -0.39 is 7.60 Å². The molecule has 0 aliphatic carbocycles. The zero-order valence-electron chi connectivity index (χ0n) is 18.7. The molecule has 3 aromatic carbocycles. The fraction of sp³-hybridized carbons (Fsp3) is 0.333. The Labute approximate surface area is 191 Å². The van der Waals surface area contributed by atoms with Gasteiger partial charge in [-0.2, -0.15) is 0 Å². The monoisotopic (exact) mass is 452 g/mol. The van der Waals surface area contributed by atoms with Gasteiger partial charge in [-0.1, -0.05) is 93.6 Å². The summed E-state index contributed by atoms with van der Waals surface area (Å²) in [7, 11) is -4.15. The summed E-state index contributed by atoms with van der Waals surface area (Å²) in [5, 5.41) is 10.1. The Kier molecular flexibility index (Phi) is 9.11. The van der Waals surface area contributed by atoms with Gasteiger partial charge in [-0.15, -0.1) is 0 Å². The molecule has 1 unspecified atom stereocenters. The lowest BCUT2D eigenvalue weighted by molar-refractivity contribution is 0.282. The Morgan fingerprint density at radius 3 is 2.25 bits per heavy atom. The molecule has 0 amide bonds. The van der Waals surface area contributed by atoms with E-state index in [2.05, 4.69) is 6.92 Å². The van der Waals surface area contributed by atoms with Gasteiger partial charge in [0.15, 0.2) is 0 Å². The van der Waals surface area contributed by atoms with E-state index >= 15 is 0 Å². The second-order valence-corrected chi connectivity index (χ2v) is 9.81. The lowest BCUT2D eigenvalue weighted by atomic mass is 9.96. The van der Waals surface area contributed by atoms with Crippen LogP contribution in [0.2, 0.25) is 0 Å². The van der Waals surface area contributed by atoms with E-state index in [0.717, 1.165) is 24.0 Å². The quantitative estimate of drug-likeness (QED) is 0.239. The molecule has 0 spiro atoms. The molecular weight excluding hydrogens is 419 g/mol. The molecule has 0 fully saturated rings. The van der Waals surface area contributed by atoms with E-state index in [0.29, 0.717) is 16.9 Å². The maximum Gasteiger partial charge on any atom is 0.408 e. The van der Waals surface area contributed by atoms with Crippen molar-refractivity contribution in [2.75, 3.05) is 0 Å². The van der Waals surface area contributed by atoms with Crippen LogP contribution >= 0.6 is 7.60 Å². The first-order valence-electron chi connectivity index (χ1n) is 11.4. The van der Waals surface area contributed by atoms with E-state index in [9.17, 15) is 14.6 Å². The fourth-order valence-electron chi connectivity index (χ4n) is 3.90. The van der Waals surface area contributed by atoms with Crippen LogP contribution in [0.25, 0.3) is 11.1 Å². The Morgan fingerprint density at radius 2 is 1.50 bits per heavy atom. The molecule has 3 aromatic rings. The predicted octanol–water partition coefficient (Wildman–Crippen LogP) is 6.64. The van der Waals surface area contributed by atoms with Crippen LogP contribution in [0.15, 0.2) is 72.8 Å². The highest BCUT2D eigenvalue weighted by Gasteiger charge is 2.29. The summed E-state index contributed by atoms with van der Waals surface area (Å²) < 4.78 is 18.9. The molecule has 3 rings (SSSR count). The van der Waals surface area contributed by atoms with Crippen LogP contribution in [0, 0.1) is 0 Å². The van der Waals surface area contributed by atoms with Crippen molar-refractivity contribution in [2.24, 2.45) is 0 Å². The number of hydrogen-bond acceptors (Lipinski definition) is 3. The van der Waals surface area contributed by atoms with Crippen LogP contribution in [-0.4, -0.2) is 10.00 Å². The first-order chi connectivity index (χ1) is 15.5. The van der Waals surface area contributed by atoms with Gasteiger partial charge in [0.1, 0.15) is 5.75 Å². The van der Waals surface area contributed by atoms with Gasteiger partial charge in [0.2, 0.25) is 0 Å². The first kappa shape index (κ1) is 24.3. The molecule has 5 heteroatoms. The third-order valence-electron chi connectivity index (χ3n) is 5.63. The lowest BCUT2D eigenvalue weighted by Gasteiger charge is -2.19. The topological polar surface area (TPSA) is 66.8 Å². The molecule has 0 aliphatic rings. The van der Waals surface area contributed by atoms with Crippen LogP contribution in [-0.2, 0) is 17.6 Å². The molecule has 2 N–H and O–H groups in total. The van der Waals surface area contributed by atoms with Crippen LogP contribution in [0.5, 0.6) is 5.75 Å². The number of aliphatic hydroxyl groups excluding tert-OH is 1. The second kappa shape index (κ2) is 12.0. The van der Waals surface area contributed by atoms with Crippen molar-refractivity contribution in [3.63, 3.8) is 0 Å². The maximum absolute atomic E-state index is 13.3. The molecule has 32 heavy (non-hydrogen) atoms. The van der Waals surface area contributed by atoms with Gasteiger partial charge in [0, 0.05) is 0 Å².